The van der Waals surface area contributed by atoms with E-state index in [1.54, 1.807) is 6.07 Å². The Hall–Kier alpha value is -0.920. The van der Waals surface area contributed by atoms with Crippen LogP contribution in [-0.2, 0) is 6.42 Å². The van der Waals surface area contributed by atoms with Gasteiger partial charge in [0.2, 0.25) is 0 Å². The smallest absolute Gasteiger partial charge is 0.162 e. The van der Waals surface area contributed by atoms with Crippen LogP contribution in [-0.4, -0.2) is 0 Å². The molecule has 106 valence electrons. The van der Waals surface area contributed by atoms with Gasteiger partial charge in [-0.05, 0) is 54.6 Å². The van der Waals surface area contributed by atoms with E-state index in [0.717, 1.165) is 32.1 Å². The van der Waals surface area contributed by atoms with Crippen LogP contribution >= 0.6 is 0 Å². The number of rotatable bonds is 3. The summed E-state index contributed by atoms with van der Waals surface area (Å²) in [5, 5.41) is 0. The van der Waals surface area contributed by atoms with Crippen LogP contribution in [0.25, 0.3) is 0 Å². The van der Waals surface area contributed by atoms with E-state index in [2.05, 4.69) is 13.8 Å². The summed E-state index contributed by atoms with van der Waals surface area (Å²) in [4.78, 5) is 0. The van der Waals surface area contributed by atoms with E-state index in [0.29, 0.717) is 23.0 Å². The lowest BCUT2D eigenvalue weighted by atomic mass is 9.71. The largest absolute Gasteiger partial charge is 0.203 e. The van der Waals surface area contributed by atoms with E-state index in [-0.39, 0.29) is 5.92 Å². The molecule has 0 amide bonds. The first kappa shape index (κ1) is 14.5. The number of benzene rings is 1. The molecule has 19 heavy (non-hydrogen) atoms. The molecule has 0 aromatic heterocycles. The minimum absolute atomic E-state index is 0.193. The average Bonchev–Trinajstić information content (AvgIpc) is 2.36. The van der Waals surface area contributed by atoms with Crippen molar-refractivity contribution in [3.63, 3.8) is 0 Å². The summed E-state index contributed by atoms with van der Waals surface area (Å²) in [6.07, 6.45) is 5.58. The van der Waals surface area contributed by atoms with Crippen LogP contribution in [0.1, 0.15) is 69.9 Å². The first-order valence-corrected chi connectivity index (χ1v) is 7.41. The molecule has 2 rings (SSSR count). The van der Waals surface area contributed by atoms with Gasteiger partial charge in [-0.3, -0.25) is 0 Å². The molecule has 0 unspecified atom stereocenters. The van der Waals surface area contributed by atoms with Crippen molar-refractivity contribution in [1.82, 2.24) is 0 Å². The number of halogens is 2. The van der Waals surface area contributed by atoms with Crippen molar-refractivity contribution in [3.05, 3.63) is 34.9 Å². The molecule has 0 atom stereocenters. The highest BCUT2D eigenvalue weighted by Gasteiger charge is 2.29. The van der Waals surface area contributed by atoms with Gasteiger partial charge in [-0.2, -0.15) is 0 Å². The second-order valence-corrected chi connectivity index (χ2v) is 6.63. The van der Waals surface area contributed by atoms with Crippen LogP contribution in [0.15, 0.2) is 12.1 Å². The van der Waals surface area contributed by atoms with Crippen molar-refractivity contribution in [2.75, 3.05) is 0 Å². The van der Waals surface area contributed by atoms with Crippen LogP contribution in [0.2, 0.25) is 0 Å². The molecule has 0 radical (unpaired) electrons. The zero-order chi connectivity index (χ0) is 14.0. The third-order valence-electron chi connectivity index (χ3n) is 4.49. The highest BCUT2D eigenvalue weighted by molar-refractivity contribution is 5.29. The molecule has 0 aliphatic heterocycles. The van der Waals surface area contributed by atoms with E-state index >= 15 is 0 Å². The molecule has 0 saturated heterocycles. The summed E-state index contributed by atoms with van der Waals surface area (Å²) < 4.78 is 28.2. The molecular weight excluding hydrogens is 242 g/mol. The minimum Gasteiger partial charge on any atom is -0.203 e. The van der Waals surface area contributed by atoms with Crippen molar-refractivity contribution in [1.29, 1.82) is 0 Å². The zero-order valence-electron chi connectivity index (χ0n) is 12.2. The molecular formula is C17H24F2. The summed E-state index contributed by atoms with van der Waals surface area (Å²) in [5.41, 5.74) is 1.46. The topological polar surface area (TPSA) is 0 Å². The van der Waals surface area contributed by atoms with E-state index in [9.17, 15) is 8.78 Å². The Morgan fingerprint density at radius 1 is 1.11 bits per heavy atom. The van der Waals surface area contributed by atoms with Gasteiger partial charge < -0.3 is 0 Å². The Bertz CT molecular complexity index is 439. The SMILES string of the molecule is CCCc1ccc(C2CCC(C)(C)CC2)c(F)c1F. The Labute approximate surface area is 115 Å². The predicted molar refractivity (Wildman–Crippen MR) is 75.3 cm³/mol. The third-order valence-corrected chi connectivity index (χ3v) is 4.49. The summed E-state index contributed by atoms with van der Waals surface area (Å²) >= 11 is 0. The normalized spacial score (nSPS) is 19.6. The fourth-order valence-electron chi connectivity index (χ4n) is 3.09. The Morgan fingerprint density at radius 2 is 1.74 bits per heavy atom. The van der Waals surface area contributed by atoms with Crippen molar-refractivity contribution in [2.24, 2.45) is 5.41 Å². The maximum Gasteiger partial charge on any atom is 0.162 e. The maximum atomic E-state index is 14.2. The molecule has 0 nitrogen and oxygen atoms in total. The molecule has 1 aliphatic carbocycles. The van der Waals surface area contributed by atoms with E-state index < -0.39 is 11.6 Å². The highest BCUT2D eigenvalue weighted by atomic mass is 19.2. The Morgan fingerprint density at radius 3 is 2.32 bits per heavy atom. The average molecular weight is 266 g/mol. The molecule has 1 aliphatic rings. The summed E-state index contributed by atoms with van der Waals surface area (Å²) in [6.45, 7) is 6.49. The number of aryl methyl sites for hydroxylation is 1. The quantitative estimate of drug-likeness (QED) is 0.668. The summed E-state index contributed by atoms with van der Waals surface area (Å²) in [7, 11) is 0. The van der Waals surface area contributed by atoms with Crippen molar-refractivity contribution >= 4 is 0 Å². The van der Waals surface area contributed by atoms with Gasteiger partial charge in [0.05, 0.1) is 0 Å². The maximum absolute atomic E-state index is 14.2. The second-order valence-electron chi connectivity index (χ2n) is 6.63. The van der Waals surface area contributed by atoms with Crippen LogP contribution in [0.5, 0.6) is 0 Å². The van der Waals surface area contributed by atoms with Crippen LogP contribution < -0.4 is 0 Å². The molecule has 0 N–H and O–H groups in total. The van der Waals surface area contributed by atoms with Gasteiger partial charge in [0, 0.05) is 0 Å². The molecule has 1 fully saturated rings. The van der Waals surface area contributed by atoms with Gasteiger partial charge in [-0.1, -0.05) is 39.3 Å². The molecule has 2 heteroatoms. The Balaban J connectivity index is 2.20. The molecule has 0 heterocycles. The monoisotopic (exact) mass is 266 g/mol. The summed E-state index contributed by atoms with van der Waals surface area (Å²) in [6, 6.07) is 3.59. The molecule has 1 aromatic carbocycles. The lowest BCUT2D eigenvalue weighted by Gasteiger charge is -2.34. The predicted octanol–water partition coefficient (Wildman–Crippen LogP) is 5.60. The third kappa shape index (κ3) is 3.16. The van der Waals surface area contributed by atoms with Crippen LogP contribution in [0, 0.1) is 17.0 Å². The Kier molecular flexibility index (Phi) is 4.27. The number of hydrogen-bond donors (Lipinski definition) is 0. The fraction of sp³-hybridized carbons (Fsp3) is 0.647. The zero-order valence-corrected chi connectivity index (χ0v) is 12.2. The standard InChI is InChI=1S/C17H24F2/c1-4-5-13-6-7-14(16(19)15(13)18)12-8-10-17(2,3)11-9-12/h6-7,12H,4-5,8-11H2,1-3H3. The van der Waals surface area contributed by atoms with E-state index in [1.165, 1.54) is 0 Å². The number of hydrogen-bond acceptors (Lipinski definition) is 0. The molecule has 0 bridgehead atoms. The van der Waals surface area contributed by atoms with Crippen molar-refractivity contribution in [2.45, 2.75) is 65.2 Å². The second kappa shape index (κ2) is 5.60. The van der Waals surface area contributed by atoms with E-state index in [1.807, 2.05) is 13.0 Å². The van der Waals surface area contributed by atoms with Gasteiger partial charge in [0.15, 0.2) is 11.6 Å². The van der Waals surface area contributed by atoms with Gasteiger partial charge in [0.25, 0.3) is 0 Å². The van der Waals surface area contributed by atoms with Crippen molar-refractivity contribution in [3.8, 4) is 0 Å². The highest BCUT2D eigenvalue weighted by Crippen LogP contribution is 2.43. The van der Waals surface area contributed by atoms with Gasteiger partial charge in [-0.25, -0.2) is 8.78 Å². The fourth-order valence-corrected chi connectivity index (χ4v) is 3.09. The summed E-state index contributed by atoms with van der Waals surface area (Å²) in [5.74, 6) is -1.03. The van der Waals surface area contributed by atoms with E-state index in [4.69, 9.17) is 0 Å². The van der Waals surface area contributed by atoms with Gasteiger partial charge in [-0.15, -0.1) is 0 Å². The lowest BCUT2D eigenvalue weighted by molar-refractivity contribution is 0.222. The first-order chi connectivity index (χ1) is 8.94. The molecule has 1 aromatic rings. The minimum atomic E-state index is -0.621. The van der Waals surface area contributed by atoms with Crippen molar-refractivity contribution < 1.29 is 8.78 Å². The van der Waals surface area contributed by atoms with Crippen LogP contribution in [0.4, 0.5) is 8.78 Å². The van der Waals surface area contributed by atoms with Gasteiger partial charge >= 0.3 is 0 Å². The molecule has 0 spiro atoms. The van der Waals surface area contributed by atoms with Crippen LogP contribution in [0.3, 0.4) is 0 Å². The lowest BCUT2D eigenvalue weighted by Crippen LogP contribution is -2.21. The molecule has 1 saturated carbocycles. The first-order valence-electron chi connectivity index (χ1n) is 7.41. The van der Waals surface area contributed by atoms with Gasteiger partial charge in [0.1, 0.15) is 0 Å².